The third kappa shape index (κ3) is 2.15. The van der Waals surface area contributed by atoms with Crippen LogP contribution in [0.2, 0.25) is 0 Å². The largest absolute Gasteiger partial charge is 0.396 e. The van der Waals surface area contributed by atoms with Gasteiger partial charge in [-0.2, -0.15) is 0 Å². The lowest BCUT2D eigenvalue weighted by atomic mass is 9.91. The van der Waals surface area contributed by atoms with Crippen molar-refractivity contribution in [3.8, 4) is 0 Å². The highest BCUT2D eigenvalue weighted by Gasteiger charge is 2.27. The number of hydrogen-bond acceptors (Lipinski definition) is 4. The minimum Gasteiger partial charge on any atom is -0.396 e. The third-order valence-corrected chi connectivity index (χ3v) is 3.63. The van der Waals surface area contributed by atoms with E-state index in [1.807, 2.05) is 0 Å². The Hall–Kier alpha value is -0.810. The highest BCUT2D eigenvalue weighted by Crippen LogP contribution is 2.37. The van der Waals surface area contributed by atoms with Gasteiger partial charge in [0.25, 0.3) is 0 Å². The molecule has 1 aliphatic carbocycles. The van der Waals surface area contributed by atoms with Gasteiger partial charge in [0.2, 0.25) is 0 Å². The van der Waals surface area contributed by atoms with Crippen LogP contribution in [0.3, 0.4) is 0 Å². The lowest BCUT2D eigenvalue weighted by molar-refractivity contribution is 0.283. The Bertz CT molecular complexity index is 348. The van der Waals surface area contributed by atoms with Crippen LogP contribution in [0.4, 0.5) is 11.4 Å². The van der Waals surface area contributed by atoms with E-state index >= 15 is 0 Å². The Morgan fingerprint density at radius 2 is 2.25 bits per heavy atom. The predicted octanol–water partition coefficient (Wildman–Crippen LogP) is 1.78. The molecule has 1 aromatic rings. The second-order valence-corrected chi connectivity index (χ2v) is 4.92. The number of nitrogens with zero attached hydrogens (tertiary/aromatic N) is 2. The lowest BCUT2D eigenvalue weighted by Crippen LogP contribution is -2.42. The molecule has 2 rings (SSSR count). The van der Waals surface area contributed by atoms with Gasteiger partial charge in [0.1, 0.15) is 0 Å². The number of hydrogen-bond donors (Lipinski definition) is 2. The first-order valence-corrected chi connectivity index (χ1v) is 6.30. The maximum Gasteiger partial charge on any atom is 0.0779 e. The number of nitrogen functional groups attached to an aromatic ring is 1. The summed E-state index contributed by atoms with van der Waals surface area (Å²) in [5.41, 5.74) is 7.58. The standard InChI is InChI=1S/C11H16BrN3O/c12-9-6-14-7-10(13)11(9)15(4-5-16)8-2-1-3-8/h6-8,16H,1-5,13H2. The van der Waals surface area contributed by atoms with Crippen LogP contribution in [0.5, 0.6) is 0 Å². The van der Waals surface area contributed by atoms with E-state index in [0.29, 0.717) is 18.3 Å². The van der Waals surface area contributed by atoms with E-state index < -0.39 is 0 Å². The van der Waals surface area contributed by atoms with E-state index in [4.69, 9.17) is 10.8 Å². The fourth-order valence-electron chi connectivity index (χ4n) is 2.03. The Morgan fingerprint density at radius 1 is 1.50 bits per heavy atom. The van der Waals surface area contributed by atoms with Gasteiger partial charge >= 0.3 is 0 Å². The van der Waals surface area contributed by atoms with Crippen molar-refractivity contribution in [2.75, 3.05) is 23.8 Å². The molecule has 0 spiro atoms. The summed E-state index contributed by atoms with van der Waals surface area (Å²) in [6.45, 7) is 0.766. The van der Waals surface area contributed by atoms with Gasteiger partial charge in [-0.05, 0) is 35.2 Å². The molecular formula is C11H16BrN3O. The predicted molar refractivity (Wildman–Crippen MR) is 68.4 cm³/mol. The number of aliphatic hydroxyl groups is 1. The van der Waals surface area contributed by atoms with Crippen LogP contribution >= 0.6 is 15.9 Å². The smallest absolute Gasteiger partial charge is 0.0779 e. The average molecular weight is 286 g/mol. The van der Waals surface area contributed by atoms with Gasteiger partial charge < -0.3 is 15.7 Å². The fourth-order valence-corrected chi connectivity index (χ4v) is 2.60. The third-order valence-electron chi connectivity index (χ3n) is 3.04. The first-order chi connectivity index (χ1) is 7.74. The van der Waals surface area contributed by atoms with Crippen molar-refractivity contribution in [3.05, 3.63) is 16.9 Å². The Labute approximate surface area is 104 Å². The van der Waals surface area contributed by atoms with E-state index in [2.05, 4.69) is 25.8 Å². The molecule has 0 aromatic carbocycles. The summed E-state index contributed by atoms with van der Waals surface area (Å²) in [4.78, 5) is 6.21. The van der Waals surface area contributed by atoms with Crippen LogP contribution in [0, 0.1) is 0 Å². The zero-order chi connectivity index (χ0) is 11.5. The molecule has 0 saturated heterocycles. The molecule has 0 bridgehead atoms. The van der Waals surface area contributed by atoms with Crippen LogP contribution in [0.1, 0.15) is 19.3 Å². The maximum atomic E-state index is 9.13. The Kier molecular flexibility index (Phi) is 3.66. The summed E-state index contributed by atoms with van der Waals surface area (Å²) in [6, 6.07) is 0.508. The van der Waals surface area contributed by atoms with E-state index in [1.54, 1.807) is 12.4 Å². The zero-order valence-corrected chi connectivity index (χ0v) is 10.7. The van der Waals surface area contributed by atoms with Gasteiger partial charge in [-0.1, -0.05) is 0 Å². The molecule has 0 atom stereocenters. The van der Waals surface area contributed by atoms with Crippen LogP contribution in [-0.4, -0.2) is 29.3 Å². The van der Waals surface area contributed by atoms with Crippen LogP contribution < -0.4 is 10.6 Å². The van der Waals surface area contributed by atoms with E-state index in [9.17, 15) is 0 Å². The van der Waals surface area contributed by atoms with Crippen molar-refractivity contribution >= 4 is 27.3 Å². The van der Waals surface area contributed by atoms with Crippen molar-refractivity contribution in [3.63, 3.8) is 0 Å². The summed E-state index contributed by atoms with van der Waals surface area (Å²) >= 11 is 3.47. The number of nitrogens with two attached hydrogens (primary N) is 1. The average Bonchev–Trinajstić information content (AvgIpc) is 2.14. The van der Waals surface area contributed by atoms with E-state index in [0.717, 1.165) is 10.2 Å². The van der Waals surface area contributed by atoms with Gasteiger partial charge in [0.15, 0.2) is 0 Å². The summed E-state index contributed by atoms with van der Waals surface area (Å²) in [7, 11) is 0. The minimum atomic E-state index is 0.144. The quantitative estimate of drug-likeness (QED) is 0.885. The molecule has 1 aliphatic rings. The number of aliphatic hydroxyl groups excluding tert-OH is 1. The fraction of sp³-hybridized carbons (Fsp3) is 0.545. The molecule has 0 aliphatic heterocycles. The maximum absolute atomic E-state index is 9.13. The minimum absolute atomic E-state index is 0.144. The van der Waals surface area contributed by atoms with Crippen molar-refractivity contribution in [1.82, 2.24) is 4.98 Å². The molecule has 1 aromatic heterocycles. The molecule has 1 fully saturated rings. The van der Waals surface area contributed by atoms with Gasteiger partial charge in [-0.15, -0.1) is 0 Å². The highest BCUT2D eigenvalue weighted by molar-refractivity contribution is 9.10. The summed E-state index contributed by atoms with van der Waals surface area (Å²) in [5.74, 6) is 0. The summed E-state index contributed by atoms with van der Waals surface area (Å²) in [6.07, 6.45) is 7.01. The summed E-state index contributed by atoms with van der Waals surface area (Å²) < 4.78 is 0.896. The lowest BCUT2D eigenvalue weighted by Gasteiger charge is -2.39. The molecule has 0 unspecified atom stereocenters. The topological polar surface area (TPSA) is 62.4 Å². The molecule has 5 heteroatoms. The monoisotopic (exact) mass is 285 g/mol. The van der Waals surface area contributed by atoms with Gasteiger partial charge in [0.05, 0.1) is 28.7 Å². The summed E-state index contributed by atoms with van der Waals surface area (Å²) in [5, 5.41) is 9.13. The molecule has 0 amide bonds. The number of anilines is 2. The first kappa shape index (κ1) is 11.7. The zero-order valence-electron chi connectivity index (χ0n) is 9.06. The molecule has 0 radical (unpaired) electrons. The van der Waals surface area contributed by atoms with Gasteiger partial charge in [0, 0.05) is 18.8 Å². The molecule has 1 saturated carbocycles. The number of halogens is 1. The molecule has 88 valence electrons. The van der Waals surface area contributed by atoms with Gasteiger partial charge in [-0.25, -0.2) is 0 Å². The number of pyridine rings is 1. The molecule has 1 heterocycles. The second kappa shape index (κ2) is 5.01. The molecule has 3 N–H and O–H groups in total. The molecule has 4 nitrogen and oxygen atoms in total. The number of rotatable bonds is 4. The molecule has 16 heavy (non-hydrogen) atoms. The van der Waals surface area contributed by atoms with Crippen LogP contribution in [0.25, 0.3) is 0 Å². The Morgan fingerprint density at radius 3 is 2.75 bits per heavy atom. The van der Waals surface area contributed by atoms with Crippen molar-refractivity contribution in [2.45, 2.75) is 25.3 Å². The normalized spacial score (nSPS) is 15.9. The van der Waals surface area contributed by atoms with E-state index in [1.165, 1.54) is 19.3 Å². The second-order valence-electron chi connectivity index (χ2n) is 4.06. The number of aromatic nitrogens is 1. The van der Waals surface area contributed by atoms with Crippen LogP contribution in [0.15, 0.2) is 16.9 Å². The van der Waals surface area contributed by atoms with Crippen molar-refractivity contribution in [2.24, 2.45) is 0 Å². The molecular weight excluding hydrogens is 270 g/mol. The van der Waals surface area contributed by atoms with Crippen molar-refractivity contribution in [1.29, 1.82) is 0 Å². The van der Waals surface area contributed by atoms with Crippen LogP contribution in [-0.2, 0) is 0 Å². The SMILES string of the molecule is Nc1cncc(Br)c1N(CCO)C1CCC1. The van der Waals surface area contributed by atoms with Crippen molar-refractivity contribution < 1.29 is 5.11 Å². The first-order valence-electron chi connectivity index (χ1n) is 5.50. The highest BCUT2D eigenvalue weighted by atomic mass is 79.9. The van der Waals surface area contributed by atoms with E-state index in [-0.39, 0.29) is 6.61 Å². The Balaban J connectivity index is 2.29. The van der Waals surface area contributed by atoms with Gasteiger partial charge in [-0.3, -0.25) is 4.98 Å².